The van der Waals surface area contributed by atoms with Crippen LogP contribution in [0.5, 0.6) is 0 Å². The van der Waals surface area contributed by atoms with Crippen molar-refractivity contribution in [2.75, 3.05) is 12.9 Å². The maximum Gasteiger partial charge on any atom is 0.416 e. The second kappa shape index (κ2) is 7.98. The fraction of sp³-hybridized carbons (Fsp3) is 0.190. The largest absolute Gasteiger partial charge is 0.462 e. The van der Waals surface area contributed by atoms with Crippen molar-refractivity contribution >= 4 is 15.8 Å². The third-order valence-electron chi connectivity index (χ3n) is 4.39. The number of esters is 1. The highest BCUT2D eigenvalue weighted by atomic mass is 32.2. The van der Waals surface area contributed by atoms with E-state index in [2.05, 4.69) is 4.98 Å². The van der Waals surface area contributed by atoms with Crippen molar-refractivity contribution in [2.45, 2.75) is 18.0 Å². The number of alkyl halides is 3. The van der Waals surface area contributed by atoms with Gasteiger partial charge in [-0.25, -0.2) is 13.2 Å². The average Bonchev–Trinajstić information content (AvgIpc) is 3.13. The Kier molecular flexibility index (Phi) is 5.76. The lowest BCUT2D eigenvalue weighted by Gasteiger charge is -2.07. The molecule has 5 nitrogen and oxygen atoms in total. The molecule has 3 rings (SSSR count). The van der Waals surface area contributed by atoms with Crippen molar-refractivity contribution in [3.8, 4) is 22.5 Å². The zero-order valence-corrected chi connectivity index (χ0v) is 16.9. The minimum absolute atomic E-state index is 0.0699. The Hall–Kier alpha value is -3.07. The quantitative estimate of drug-likeness (QED) is 0.573. The predicted octanol–water partition coefficient (Wildman–Crippen LogP) is 4.95. The summed E-state index contributed by atoms with van der Waals surface area (Å²) >= 11 is 0. The summed E-state index contributed by atoms with van der Waals surface area (Å²) in [6.07, 6.45) is -3.39. The maximum atomic E-state index is 12.8. The Balaban J connectivity index is 2.12. The van der Waals surface area contributed by atoms with Crippen LogP contribution in [0.1, 0.15) is 22.8 Å². The number of ether oxygens (including phenoxy) is 1. The lowest BCUT2D eigenvalue weighted by atomic mass is 10.1. The van der Waals surface area contributed by atoms with E-state index in [0.29, 0.717) is 22.5 Å². The molecule has 1 aromatic heterocycles. The molecular formula is C21H18F3NO4S. The predicted molar refractivity (Wildman–Crippen MR) is 106 cm³/mol. The molecule has 0 aliphatic carbocycles. The van der Waals surface area contributed by atoms with E-state index in [9.17, 15) is 26.4 Å². The van der Waals surface area contributed by atoms with E-state index in [4.69, 9.17) is 4.74 Å². The van der Waals surface area contributed by atoms with Gasteiger partial charge in [0.05, 0.1) is 28.3 Å². The molecule has 9 heteroatoms. The Labute approximate surface area is 171 Å². The van der Waals surface area contributed by atoms with E-state index in [1.54, 1.807) is 19.1 Å². The van der Waals surface area contributed by atoms with Gasteiger partial charge in [0.1, 0.15) is 0 Å². The number of nitrogens with one attached hydrogen (secondary N) is 1. The molecule has 0 aliphatic heterocycles. The molecule has 0 amide bonds. The first-order chi connectivity index (χ1) is 14.0. The number of halogens is 3. The van der Waals surface area contributed by atoms with Gasteiger partial charge in [-0.1, -0.05) is 24.3 Å². The second-order valence-corrected chi connectivity index (χ2v) is 8.58. The van der Waals surface area contributed by atoms with Gasteiger partial charge in [0.25, 0.3) is 0 Å². The number of hydrogen-bond acceptors (Lipinski definition) is 4. The summed E-state index contributed by atoms with van der Waals surface area (Å²) in [5.74, 6) is -0.633. The van der Waals surface area contributed by atoms with Crippen LogP contribution < -0.4 is 0 Å². The molecule has 1 heterocycles. The third kappa shape index (κ3) is 4.56. The van der Waals surface area contributed by atoms with Gasteiger partial charge in [-0.15, -0.1) is 0 Å². The van der Waals surface area contributed by atoms with Crippen LogP contribution in [0, 0.1) is 0 Å². The first-order valence-electron chi connectivity index (χ1n) is 8.89. The fourth-order valence-electron chi connectivity index (χ4n) is 2.93. The zero-order valence-electron chi connectivity index (χ0n) is 16.1. The van der Waals surface area contributed by atoms with Crippen LogP contribution in [0.4, 0.5) is 13.2 Å². The number of H-pyrrole nitrogens is 1. The maximum absolute atomic E-state index is 12.8. The fourth-order valence-corrected chi connectivity index (χ4v) is 3.60. The summed E-state index contributed by atoms with van der Waals surface area (Å²) in [4.78, 5) is 15.5. The standard InChI is InChI=1S/C21H18F3NO4S/c1-3-29-20(26)17-12-18(13-7-9-15(10-8-13)21(22,23)24)25-19(17)14-5-4-6-16(11-14)30(2,27)28/h4-12,25H,3H2,1-2H3. The number of sulfone groups is 1. The molecule has 158 valence electrons. The first kappa shape index (κ1) is 21.6. The molecule has 0 saturated heterocycles. The number of carbonyl (C=O) groups excluding carboxylic acids is 1. The minimum atomic E-state index is -4.46. The van der Waals surface area contributed by atoms with Gasteiger partial charge in [0.2, 0.25) is 0 Å². The van der Waals surface area contributed by atoms with Crippen LogP contribution in [0.3, 0.4) is 0 Å². The normalized spacial score (nSPS) is 12.0. The lowest BCUT2D eigenvalue weighted by Crippen LogP contribution is -2.05. The van der Waals surface area contributed by atoms with E-state index in [1.165, 1.54) is 30.3 Å². The summed E-state index contributed by atoms with van der Waals surface area (Å²) < 4.78 is 67.3. The van der Waals surface area contributed by atoms with Crippen molar-refractivity contribution in [2.24, 2.45) is 0 Å². The zero-order chi connectivity index (χ0) is 22.1. The van der Waals surface area contributed by atoms with Crippen LogP contribution >= 0.6 is 0 Å². The highest BCUT2D eigenvalue weighted by Gasteiger charge is 2.30. The van der Waals surface area contributed by atoms with Crippen molar-refractivity contribution in [1.29, 1.82) is 0 Å². The van der Waals surface area contributed by atoms with Gasteiger partial charge in [-0.05, 0) is 42.8 Å². The smallest absolute Gasteiger partial charge is 0.416 e. The van der Waals surface area contributed by atoms with Gasteiger partial charge >= 0.3 is 12.1 Å². The first-order valence-corrected chi connectivity index (χ1v) is 10.8. The topological polar surface area (TPSA) is 76.2 Å². The molecule has 0 radical (unpaired) electrons. The molecule has 0 unspecified atom stereocenters. The number of hydrogen-bond donors (Lipinski definition) is 1. The highest BCUT2D eigenvalue weighted by molar-refractivity contribution is 7.90. The Morgan fingerprint density at radius 1 is 1.03 bits per heavy atom. The highest BCUT2D eigenvalue weighted by Crippen LogP contribution is 2.33. The summed E-state index contributed by atoms with van der Waals surface area (Å²) in [5, 5.41) is 0. The Morgan fingerprint density at radius 3 is 2.27 bits per heavy atom. The molecule has 0 atom stereocenters. The summed E-state index contributed by atoms with van der Waals surface area (Å²) in [5.41, 5.74) is 0.931. The molecule has 30 heavy (non-hydrogen) atoms. The third-order valence-corrected chi connectivity index (χ3v) is 5.50. The molecule has 0 aliphatic rings. The van der Waals surface area contributed by atoms with E-state index in [1.807, 2.05) is 0 Å². The van der Waals surface area contributed by atoms with E-state index < -0.39 is 27.5 Å². The molecule has 0 saturated carbocycles. The van der Waals surface area contributed by atoms with Crippen LogP contribution in [0.25, 0.3) is 22.5 Å². The number of benzene rings is 2. The van der Waals surface area contributed by atoms with Gasteiger partial charge in [-0.2, -0.15) is 13.2 Å². The van der Waals surface area contributed by atoms with Gasteiger partial charge in [0.15, 0.2) is 9.84 Å². The van der Waals surface area contributed by atoms with Crippen molar-refractivity contribution in [3.63, 3.8) is 0 Å². The second-order valence-electron chi connectivity index (χ2n) is 6.57. The Morgan fingerprint density at radius 2 is 1.70 bits per heavy atom. The SMILES string of the molecule is CCOC(=O)c1cc(-c2ccc(C(F)(F)F)cc2)[nH]c1-c1cccc(S(C)(=O)=O)c1. The number of aromatic nitrogens is 1. The van der Waals surface area contributed by atoms with Crippen LogP contribution in [0.2, 0.25) is 0 Å². The molecule has 3 aromatic rings. The molecule has 0 bridgehead atoms. The van der Waals surface area contributed by atoms with Crippen LogP contribution in [0.15, 0.2) is 59.5 Å². The molecule has 2 aromatic carbocycles. The average molecular weight is 437 g/mol. The lowest BCUT2D eigenvalue weighted by molar-refractivity contribution is -0.137. The summed E-state index contributed by atoms with van der Waals surface area (Å²) in [7, 11) is -3.48. The summed E-state index contributed by atoms with van der Waals surface area (Å²) in [6, 6.07) is 12.0. The minimum Gasteiger partial charge on any atom is -0.462 e. The molecule has 0 spiro atoms. The number of rotatable bonds is 5. The van der Waals surface area contributed by atoms with E-state index >= 15 is 0 Å². The summed E-state index contributed by atoms with van der Waals surface area (Å²) in [6.45, 7) is 1.77. The molecule has 0 fully saturated rings. The number of aromatic amines is 1. The van der Waals surface area contributed by atoms with Gasteiger partial charge in [-0.3, -0.25) is 0 Å². The van der Waals surface area contributed by atoms with E-state index in [-0.39, 0.29) is 17.1 Å². The van der Waals surface area contributed by atoms with Gasteiger partial charge in [0, 0.05) is 17.5 Å². The molecule has 1 N–H and O–H groups in total. The van der Waals surface area contributed by atoms with Crippen LogP contribution in [-0.4, -0.2) is 32.2 Å². The Bertz CT molecular complexity index is 1180. The van der Waals surface area contributed by atoms with E-state index in [0.717, 1.165) is 18.4 Å². The number of carbonyl (C=O) groups is 1. The monoisotopic (exact) mass is 437 g/mol. The van der Waals surface area contributed by atoms with Crippen molar-refractivity contribution < 1.29 is 31.1 Å². The van der Waals surface area contributed by atoms with Gasteiger partial charge < -0.3 is 9.72 Å². The van der Waals surface area contributed by atoms with Crippen LogP contribution in [-0.2, 0) is 20.8 Å². The van der Waals surface area contributed by atoms with Crippen molar-refractivity contribution in [3.05, 3.63) is 65.7 Å². The molecular weight excluding hydrogens is 419 g/mol. The van der Waals surface area contributed by atoms with Crippen molar-refractivity contribution in [1.82, 2.24) is 4.98 Å².